The number of amides is 2. The molecule has 0 saturated heterocycles. The standard InChI is InChI=1S/C20H24N6O4/c1-21-18(28)15(13-8-5-4-6-9-13)23-14(27)10-7-11-26-12-22-17-16(26)19(29)25(3)20(30)24(17)2/h4-6,8-9,12,15H,7,10-11H2,1-3H3,(H,21,28)(H,23,27)/t15-/m0/s1. The minimum absolute atomic E-state index is 0.159. The SMILES string of the molecule is CNC(=O)[C@@H](NC(=O)CCCn1cnc2c1c(=O)n(C)c(=O)n2C)c1ccccc1. The van der Waals surface area contributed by atoms with Crippen LogP contribution in [0.15, 0.2) is 46.2 Å². The van der Waals surface area contributed by atoms with Crippen molar-refractivity contribution in [2.45, 2.75) is 25.4 Å². The molecule has 0 fully saturated rings. The molecule has 0 aliphatic rings. The molecule has 0 aliphatic carbocycles. The van der Waals surface area contributed by atoms with Gasteiger partial charge in [-0.05, 0) is 12.0 Å². The third-order valence-corrected chi connectivity index (χ3v) is 4.97. The Kier molecular flexibility index (Phi) is 6.14. The van der Waals surface area contributed by atoms with Gasteiger partial charge in [-0.15, -0.1) is 0 Å². The molecule has 0 bridgehead atoms. The van der Waals surface area contributed by atoms with E-state index in [0.717, 1.165) is 4.57 Å². The summed E-state index contributed by atoms with van der Waals surface area (Å²) >= 11 is 0. The van der Waals surface area contributed by atoms with Gasteiger partial charge in [-0.2, -0.15) is 0 Å². The van der Waals surface area contributed by atoms with Crippen LogP contribution in [0, 0.1) is 0 Å². The van der Waals surface area contributed by atoms with E-state index in [2.05, 4.69) is 15.6 Å². The van der Waals surface area contributed by atoms with Gasteiger partial charge < -0.3 is 15.2 Å². The maximum Gasteiger partial charge on any atom is 0.332 e. The highest BCUT2D eigenvalue weighted by Crippen LogP contribution is 2.13. The summed E-state index contributed by atoms with van der Waals surface area (Å²) in [4.78, 5) is 53.2. The fourth-order valence-electron chi connectivity index (χ4n) is 3.30. The molecule has 2 N–H and O–H groups in total. The summed E-state index contributed by atoms with van der Waals surface area (Å²) < 4.78 is 3.98. The summed E-state index contributed by atoms with van der Waals surface area (Å²) in [6.45, 7) is 0.368. The number of hydrogen-bond acceptors (Lipinski definition) is 5. The first-order chi connectivity index (χ1) is 14.3. The quantitative estimate of drug-likeness (QED) is 0.558. The highest BCUT2D eigenvalue weighted by molar-refractivity contribution is 5.88. The molecule has 10 nitrogen and oxygen atoms in total. The lowest BCUT2D eigenvalue weighted by molar-refractivity contribution is -0.129. The van der Waals surface area contributed by atoms with Crippen LogP contribution in [0.2, 0.25) is 0 Å². The van der Waals surface area contributed by atoms with E-state index in [0.29, 0.717) is 29.7 Å². The topological polar surface area (TPSA) is 120 Å². The summed E-state index contributed by atoms with van der Waals surface area (Å²) in [5.41, 5.74) is 0.427. The first-order valence-corrected chi connectivity index (χ1v) is 9.52. The van der Waals surface area contributed by atoms with E-state index >= 15 is 0 Å². The van der Waals surface area contributed by atoms with Crippen LogP contribution < -0.4 is 21.9 Å². The predicted octanol–water partition coefficient (Wildman–Crippen LogP) is -0.183. The molecule has 3 aromatic rings. The molecule has 0 radical (unpaired) electrons. The van der Waals surface area contributed by atoms with Gasteiger partial charge in [0.15, 0.2) is 11.2 Å². The van der Waals surface area contributed by atoms with Gasteiger partial charge in [0, 0.05) is 34.1 Å². The van der Waals surface area contributed by atoms with Crippen LogP contribution in [0.1, 0.15) is 24.4 Å². The van der Waals surface area contributed by atoms with Crippen molar-refractivity contribution >= 4 is 23.0 Å². The fourth-order valence-corrected chi connectivity index (χ4v) is 3.30. The first kappa shape index (κ1) is 21.0. The van der Waals surface area contributed by atoms with Crippen LogP contribution in [0.4, 0.5) is 0 Å². The average molecular weight is 412 g/mol. The molecule has 1 aromatic carbocycles. The Morgan fingerprint density at radius 1 is 1.10 bits per heavy atom. The number of imidazole rings is 1. The normalized spacial score (nSPS) is 12.0. The van der Waals surface area contributed by atoms with Gasteiger partial charge in [-0.3, -0.25) is 23.5 Å². The molecule has 3 rings (SSSR count). The van der Waals surface area contributed by atoms with Gasteiger partial charge in [0.25, 0.3) is 5.56 Å². The smallest absolute Gasteiger partial charge is 0.332 e. The van der Waals surface area contributed by atoms with E-state index in [1.54, 1.807) is 35.9 Å². The number of aryl methyl sites for hydroxylation is 2. The summed E-state index contributed by atoms with van der Waals surface area (Å²) in [5.74, 6) is -0.586. The van der Waals surface area contributed by atoms with Crippen LogP contribution >= 0.6 is 0 Å². The van der Waals surface area contributed by atoms with E-state index in [1.165, 1.54) is 25.0 Å². The van der Waals surface area contributed by atoms with Crippen LogP contribution in [0.25, 0.3) is 11.2 Å². The molecule has 0 unspecified atom stereocenters. The molecule has 2 amide bonds. The second-order valence-corrected chi connectivity index (χ2v) is 6.94. The molecule has 0 saturated carbocycles. The zero-order chi connectivity index (χ0) is 21.8. The minimum atomic E-state index is -0.778. The Hall–Kier alpha value is -3.69. The van der Waals surface area contributed by atoms with Gasteiger partial charge in [0.1, 0.15) is 6.04 Å². The maximum atomic E-state index is 12.5. The van der Waals surface area contributed by atoms with Crippen molar-refractivity contribution in [2.24, 2.45) is 14.1 Å². The van der Waals surface area contributed by atoms with Gasteiger partial charge in [0.05, 0.1) is 6.33 Å². The molecule has 1 atom stereocenters. The number of carbonyl (C=O) groups excluding carboxylic acids is 2. The minimum Gasteiger partial charge on any atom is -0.357 e. The molecule has 158 valence electrons. The molecule has 30 heavy (non-hydrogen) atoms. The third-order valence-electron chi connectivity index (χ3n) is 4.97. The number of carbonyl (C=O) groups is 2. The van der Waals surface area contributed by atoms with Crippen molar-refractivity contribution in [2.75, 3.05) is 7.05 Å². The first-order valence-electron chi connectivity index (χ1n) is 9.52. The second kappa shape index (κ2) is 8.76. The summed E-state index contributed by atoms with van der Waals surface area (Å²) in [5, 5.41) is 5.31. The zero-order valence-electron chi connectivity index (χ0n) is 17.1. The monoisotopic (exact) mass is 412 g/mol. The number of fused-ring (bicyclic) bond motifs is 1. The van der Waals surface area contributed by atoms with Crippen molar-refractivity contribution in [3.63, 3.8) is 0 Å². The van der Waals surface area contributed by atoms with Crippen LogP contribution in [0.5, 0.6) is 0 Å². The third kappa shape index (κ3) is 4.02. The van der Waals surface area contributed by atoms with Crippen LogP contribution in [0.3, 0.4) is 0 Å². The molecule has 0 aliphatic heterocycles. The van der Waals surface area contributed by atoms with E-state index in [9.17, 15) is 19.2 Å². The highest BCUT2D eigenvalue weighted by atomic mass is 16.2. The largest absolute Gasteiger partial charge is 0.357 e. The van der Waals surface area contributed by atoms with E-state index < -0.39 is 17.3 Å². The lowest BCUT2D eigenvalue weighted by Gasteiger charge is -2.17. The Labute approximate surface area is 172 Å². The number of likely N-dealkylation sites (N-methyl/N-ethyl adjacent to an activating group) is 1. The Morgan fingerprint density at radius 2 is 1.80 bits per heavy atom. The molecular formula is C20H24N6O4. The molecule has 10 heteroatoms. The van der Waals surface area contributed by atoms with Crippen molar-refractivity contribution < 1.29 is 9.59 Å². The van der Waals surface area contributed by atoms with E-state index in [4.69, 9.17) is 0 Å². The van der Waals surface area contributed by atoms with Gasteiger partial charge in [0.2, 0.25) is 11.8 Å². The van der Waals surface area contributed by atoms with Gasteiger partial charge in [-0.1, -0.05) is 30.3 Å². The van der Waals surface area contributed by atoms with Gasteiger partial charge in [-0.25, -0.2) is 9.78 Å². The Morgan fingerprint density at radius 3 is 2.47 bits per heavy atom. The lowest BCUT2D eigenvalue weighted by Crippen LogP contribution is -2.39. The van der Waals surface area contributed by atoms with Crippen molar-refractivity contribution in [3.8, 4) is 0 Å². The highest BCUT2D eigenvalue weighted by Gasteiger charge is 2.21. The fraction of sp³-hybridized carbons (Fsp3) is 0.350. The maximum absolute atomic E-state index is 12.5. The number of benzene rings is 1. The molecular weight excluding hydrogens is 388 g/mol. The van der Waals surface area contributed by atoms with Gasteiger partial charge >= 0.3 is 5.69 Å². The lowest BCUT2D eigenvalue weighted by atomic mass is 10.1. The number of nitrogens with one attached hydrogen (secondary N) is 2. The number of nitrogens with zero attached hydrogens (tertiary/aromatic N) is 4. The molecule has 2 aromatic heterocycles. The van der Waals surface area contributed by atoms with Crippen molar-refractivity contribution in [1.82, 2.24) is 29.3 Å². The number of rotatable bonds is 7. The molecule has 2 heterocycles. The Bertz CT molecular complexity index is 1190. The summed E-state index contributed by atoms with van der Waals surface area (Å²) in [6, 6.07) is 8.21. The van der Waals surface area contributed by atoms with Crippen LogP contribution in [-0.4, -0.2) is 37.5 Å². The van der Waals surface area contributed by atoms with Crippen LogP contribution in [-0.2, 0) is 30.2 Å². The number of hydrogen-bond donors (Lipinski definition) is 2. The Balaban J connectivity index is 1.69. The van der Waals surface area contributed by atoms with E-state index in [1.807, 2.05) is 6.07 Å². The van der Waals surface area contributed by atoms with Crippen molar-refractivity contribution in [1.29, 1.82) is 0 Å². The molecule has 0 spiro atoms. The number of aromatic nitrogens is 4. The summed E-state index contributed by atoms with van der Waals surface area (Å²) in [6.07, 6.45) is 2.07. The van der Waals surface area contributed by atoms with E-state index in [-0.39, 0.29) is 18.2 Å². The average Bonchev–Trinajstić information content (AvgIpc) is 3.18. The predicted molar refractivity (Wildman–Crippen MR) is 111 cm³/mol. The summed E-state index contributed by atoms with van der Waals surface area (Å²) in [7, 11) is 4.48. The van der Waals surface area contributed by atoms with Crippen molar-refractivity contribution in [3.05, 3.63) is 63.1 Å². The second-order valence-electron chi connectivity index (χ2n) is 6.94. The zero-order valence-corrected chi connectivity index (χ0v) is 17.1.